The van der Waals surface area contributed by atoms with Crippen LogP contribution in [0.5, 0.6) is 5.75 Å². The Morgan fingerprint density at radius 2 is 2.09 bits per heavy atom. The van der Waals surface area contributed by atoms with Crippen molar-refractivity contribution in [1.82, 2.24) is 4.90 Å². The van der Waals surface area contributed by atoms with E-state index in [2.05, 4.69) is 5.32 Å². The predicted octanol–water partition coefficient (Wildman–Crippen LogP) is 3.31. The molecule has 1 amide bonds. The van der Waals surface area contributed by atoms with Gasteiger partial charge < -0.3 is 15.3 Å². The van der Waals surface area contributed by atoms with Gasteiger partial charge in [-0.15, -0.1) is 0 Å². The first-order valence-corrected chi connectivity index (χ1v) is 7.96. The molecule has 1 aromatic carbocycles. The lowest BCUT2D eigenvalue weighted by Crippen LogP contribution is -2.39. The Morgan fingerprint density at radius 1 is 1.39 bits per heavy atom. The number of benzene rings is 1. The average Bonchev–Trinajstić information content (AvgIpc) is 2.57. The van der Waals surface area contributed by atoms with Crippen LogP contribution in [0.25, 0.3) is 0 Å². The molecule has 0 atom stereocenters. The Bertz CT molecular complexity index is 640. The number of amides is 1. The van der Waals surface area contributed by atoms with Crippen molar-refractivity contribution in [1.29, 1.82) is 5.26 Å². The maximum absolute atomic E-state index is 12.5. The molecule has 5 heteroatoms. The van der Waals surface area contributed by atoms with E-state index in [1.54, 1.807) is 24.1 Å². The van der Waals surface area contributed by atoms with Crippen molar-refractivity contribution in [2.45, 2.75) is 45.1 Å². The fourth-order valence-corrected chi connectivity index (χ4v) is 2.88. The quantitative estimate of drug-likeness (QED) is 0.508. The monoisotopic (exact) mass is 313 g/mol. The molecular formula is C18H23N3O2. The van der Waals surface area contributed by atoms with E-state index < -0.39 is 0 Å². The molecule has 2 rings (SSSR count). The van der Waals surface area contributed by atoms with Crippen LogP contribution in [0.1, 0.15) is 37.7 Å². The van der Waals surface area contributed by atoms with Crippen LogP contribution in [0, 0.1) is 18.3 Å². The number of phenols is 1. The highest BCUT2D eigenvalue weighted by Crippen LogP contribution is 2.25. The Hall–Kier alpha value is -2.48. The molecule has 23 heavy (non-hydrogen) atoms. The number of hydrogen-bond donors (Lipinski definition) is 2. The van der Waals surface area contributed by atoms with Crippen LogP contribution in [0.3, 0.4) is 0 Å². The molecule has 0 heterocycles. The highest BCUT2D eigenvalue weighted by molar-refractivity contribution is 5.97. The van der Waals surface area contributed by atoms with Crippen LogP contribution in [0.2, 0.25) is 0 Å². The maximum Gasteiger partial charge on any atom is 0.266 e. The molecule has 0 spiro atoms. The third-order valence-electron chi connectivity index (χ3n) is 4.32. The molecule has 0 saturated heterocycles. The van der Waals surface area contributed by atoms with Crippen molar-refractivity contribution < 1.29 is 9.90 Å². The molecule has 0 aromatic heterocycles. The summed E-state index contributed by atoms with van der Waals surface area (Å²) in [4.78, 5) is 14.1. The van der Waals surface area contributed by atoms with E-state index in [-0.39, 0.29) is 23.3 Å². The van der Waals surface area contributed by atoms with Crippen molar-refractivity contribution in [2.75, 3.05) is 12.4 Å². The number of nitriles is 1. The van der Waals surface area contributed by atoms with Gasteiger partial charge in [-0.1, -0.05) is 25.3 Å². The minimum Gasteiger partial charge on any atom is -0.506 e. The van der Waals surface area contributed by atoms with E-state index in [9.17, 15) is 15.2 Å². The van der Waals surface area contributed by atoms with E-state index in [1.807, 2.05) is 19.1 Å². The first kappa shape index (κ1) is 16.9. The molecule has 1 aliphatic rings. The third-order valence-corrected chi connectivity index (χ3v) is 4.32. The predicted molar refractivity (Wildman–Crippen MR) is 89.8 cm³/mol. The van der Waals surface area contributed by atoms with Crippen LogP contribution in [-0.2, 0) is 4.79 Å². The molecule has 2 N–H and O–H groups in total. The molecule has 0 radical (unpaired) electrons. The number of phenolic OH excluding ortho intramolecular Hbond substituents is 1. The van der Waals surface area contributed by atoms with E-state index in [1.165, 1.54) is 12.6 Å². The maximum atomic E-state index is 12.5. The SMILES string of the molecule is Cc1ccc(N/C=C(/C#N)C(=O)N(C)C2CCCCC2)c(O)c1. The molecule has 1 aromatic rings. The molecule has 1 fully saturated rings. The van der Waals surface area contributed by atoms with E-state index in [4.69, 9.17) is 0 Å². The lowest BCUT2D eigenvalue weighted by atomic mass is 9.94. The summed E-state index contributed by atoms with van der Waals surface area (Å²) in [6.07, 6.45) is 6.83. The molecule has 122 valence electrons. The molecule has 1 saturated carbocycles. The summed E-state index contributed by atoms with van der Waals surface area (Å²) >= 11 is 0. The summed E-state index contributed by atoms with van der Waals surface area (Å²) in [7, 11) is 1.76. The number of nitrogens with zero attached hydrogens (tertiary/aromatic N) is 2. The van der Waals surface area contributed by atoms with Crippen LogP contribution >= 0.6 is 0 Å². The molecule has 5 nitrogen and oxygen atoms in total. The average molecular weight is 313 g/mol. The highest BCUT2D eigenvalue weighted by Gasteiger charge is 2.24. The van der Waals surface area contributed by atoms with Gasteiger partial charge in [0.2, 0.25) is 0 Å². The van der Waals surface area contributed by atoms with Crippen LogP contribution in [-0.4, -0.2) is 29.0 Å². The van der Waals surface area contributed by atoms with Gasteiger partial charge >= 0.3 is 0 Å². The van der Waals surface area contributed by atoms with Gasteiger partial charge in [-0.2, -0.15) is 5.26 Å². The topological polar surface area (TPSA) is 76.4 Å². The van der Waals surface area contributed by atoms with Gasteiger partial charge in [0.1, 0.15) is 17.4 Å². The fourth-order valence-electron chi connectivity index (χ4n) is 2.88. The minimum atomic E-state index is -0.279. The van der Waals surface area contributed by atoms with Crippen LogP contribution < -0.4 is 5.32 Å². The zero-order valence-corrected chi connectivity index (χ0v) is 13.7. The van der Waals surface area contributed by atoms with Gasteiger partial charge in [-0.05, 0) is 37.5 Å². The van der Waals surface area contributed by atoms with Gasteiger partial charge in [0, 0.05) is 19.3 Å². The van der Waals surface area contributed by atoms with Crippen molar-refractivity contribution in [2.24, 2.45) is 0 Å². The molecule has 0 unspecified atom stereocenters. The first-order valence-electron chi connectivity index (χ1n) is 7.96. The second kappa shape index (κ2) is 7.68. The van der Waals surface area contributed by atoms with Crippen LogP contribution in [0.4, 0.5) is 5.69 Å². The Kier molecular flexibility index (Phi) is 5.64. The summed E-state index contributed by atoms with van der Waals surface area (Å²) in [6, 6.07) is 7.34. The first-order chi connectivity index (χ1) is 11.0. The Morgan fingerprint density at radius 3 is 2.70 bits per heavy atom. The highest BCUT2D eigenvalue weighted by atomic mass is 16.3. The number of carbonyl (C=O) groups excluding carboxylic acids is 1. The van der Waals surface area contributed by atoms with E-state index >= 15 is 0 Å². The standard InChI is InChI=1S/C18H23N3O2/c1-13-8-9-16(17(22)10-13)20-12-14(11-19)18(23)21(2)15-6-4-3-5-7-15/h8-10,12,15,20,22H,3-7H2,1-2H3/b14-12-. The summed E-state index contributed by atoms with van der Waals surface area (Å²) in [5.74, 6) is -0.190. The third kappa shape index (κ3) is 4.26. The largest absolute Gasteiger partial charge is 0.506 e. The summed E-state index contributed by atoms with van der Waals surface area (Å²) in [5.41, 5.74) is 1.44. The number of rotatable bonds is 4. The minimum absolute atomic E-state index is 0.0399. The van der Waals surface area contributed by atoms with Crippen molar-refractivity contribution in [3.05, 3.63) is 35.5 Å². The summed E-state index contributed by atoms with van der Waals surface area (Å²) < 4.78 is 0. The number of nitrogens with one attached hydrogen (secondary N) is 1. The van der Waals surface area contributed by atoms with Gasteiger partial charge in [0.25, 0.3) is 5.91 Å². The number of aryl methyl sites for hydroxylation is 1. The van der Waals surface area contributed by atoms with E-state index in [0.717, 1.165) is 31.2 Å². The zero-order valence-electron chi connectivity index (χ0n) is 13.7. The van der Waals surface area contributed by atoms with Gasteiger partial charge in [-0.25, -0.2) is 0 Å². The lowest BCUT2D eigenvalue weighted by Gasteiger charge is -2.31. The van der Waals surface area contributed by atoms with E-state index in [0.29, 0.717) is 5.69 Å². The van der Waals surface area contributed by atoms with Crippen LogP contribution in [0.15, 0.2) is 30.0 Å². The number of aromatic hydroxyl groups is 1. The number of hydrogen-bond acceptors (Lipinski definition) is 4. The van der Waals surface area contributed by atoms with Crippen molar-refractivity contribution in [3.8, 4) is 11.8 Å². The second-order valence-electron chi connectivity index (χ2n) is 6.04. The molecule has 1 aliphatic carbocycles. The zero-order chi connectivity index (χ0) is 16.8. The van der Waals surface area contributed by atoms with Gasteiger partial charge in [-0.3, -0.25) is 4.79 Å². The Labute approximate surface area is 137 Å². The van der Waals surface area contributed by atoms with Crippen molar-refractivity contribution in [3.63, 3.8) is 0 Å². The molecule has 0 aliphatic heterocycles. The molecule has 0 bridgehead atoms. The second-order valence-corrected chi connectivity index (χ2v) is 6.04. The summed E-state index contributed by atoms with van der Waals surface area (Å²) in [6.45, 7) is 1.88. The summed E-state index contributed by atoms with van der Waals surface area (Å²) in [5, 5.41) is 22.0. The lowest BCUT2D eigenvalue weighted by molar-refractivity contribution is -0.128. The van der Waals surface area contributed by atoms with Gasteiger partial charge in [0.05, 0.1) is 5.69 Å². The smallest absolute Gasteiger partial charge is 0.266 e. The number of likely N-dealkylation sites (N-methyl/N-ethyl adjacent to an activating group) is 1. The fraction of sp³-hybridized carbons (Fsp3) is 0.444. The normalized spacial score (nSPS) is 15.8. The Balaban J connectivity index is 2.08. The number of anilines is 1. The number of carbonyl (C=O) groups is 1. The molecular weight excluding hydrogens is 290 g/mol. The van der Waals surface area contributed by atoms with Crippen molar-refractivity contribution >= 4 is 11.6 Å². The van der Waals surface area contributed by atoms with Gasteiger partial charge in [0.15, 0.2) is 0 Å².